The van der Waals surface area contributed by atoms with Gasteiger partial charge in [-0.25, -0.2) is 0 Å². The molecule has 4 heteroatoms. The van der Waals surface area contributed by atoms with Crippen LogP contribution in [0.4, 0.5) is 0 Å². The van der Waals surface area contributed by atoms with Gasteiger partial charge in [0.1, 0.15) is 5.75 Å². The van der Waals surface area contributed by atoms with Gasteiger partial charge in [-0.05, 0) is 42.5 Å². The molecule has 0 bridgehead atoms. The van der Waals surface area contributed by atoms with E-state index in [9.17, 15) is 4.79 Å². The first-order chi connectivity index (χ1) is 10.2. The summed E-state index contributed by atoms with van der Waals surface area (Å²) in [6, 6.07) is 12.0. The molecular weight excluding hydrogens is 282 g/mol. The molecule has 3 nitrogen and oxygen atoms in total. The van der Waals surface area contributed by atoms with Crippen molar-refractivity contribution in [2.75, 3.05) is 13.7 Å². The zero-order valence-corrected chi connectivity index (χ0v) is 13.4. The number of carbonyl (C=O) groups excluding carboxylic acids is 1. The SMILES string of the molecule is CCN(Cc1ccc(OC)cc1)C(=O)CCc1cccs1. The van der Waals surface area contributed by atoms with E-state index in [1.54, 1.807) is 18.4 Å². The first-order valence-electron chi connectivity index (χ1n) is 7.16. The summed E-state index contributed by atoms with van der Waals surface area (Å²) in [4.78, 5) is 15.5. The third-order valence-corrected chi connectivity index (χ3v) is 4.37. The molecule has 2 rings (SSSR count). The lowest BCUT2D eigenvalue weighted by Crippen LogP contribution is -2.30. The normalized spacial score (nSPS) is 10.4. The summed E-state index contributed by atoms with van der Waals surface area (Å²) in [6.07, 6.45) is 1.40. The highest BCUT2D eigenvalue weighted by Crippen LogP contribution is 2.15. The molecular formula is C17H21NO2S. The van der Waals surface area contributed by atoms with Crippen LogP contribution in [0.1, 0.15) is 23.8 Å². The molecule has 0 spiro atoms. The molecule has 21 heavy (non-hydrogen) atoms. The fraction of sp³-hybridized carbons (Fsp3) is 0.353. The van der Waals surface area contributed by atoms with Crippen LogP contribution in [-0.2, 0) is 17.8 Å². The molecule has 0 atom stereocenters. The predicted octanol–water partition coefficient (Wildman–Crippen LogP) is 3.74. The molecule has 0 aliphatic carbocycles. The Hall–Kier alpha value is -1.81. The van der Waals surface area contributed by atoms with Crippen LogP contribution >= 0.6 is 11.3 Å². The number of carbonyl (C=O) groups is 1. The Labute approximate surface area is 130 Å². The largest absolute Gasteiger partial charge is 0.497 e. The zero-order chi connectivity index (χ0) is 15.1. The highest BCUT2D eigenvalue weighted by molar-refractivity contribution is 7.09. The number of thiophene rings is 1. The maximum absolute atomic E-state index is 12.3. The molecule has 0 saturated carbocycles. The first kappa shape index (κ1) is 15.6. The van der Waals surface area contributed by atoms with Crippen molar-refractivity contribution in [1.82, 2.24) is 4.90 Å². The molecule has 0 radical (unpaired) electrons. The van der Waals surface area contributed by atoms with Crippen molar-refractivity contribution in [3.05, 3.63) is 52.2 Å². The first-order valence-corrected chi connectivity index (χ1v) is 8.04. The lowest BCUT2D eigenvalue weighted by molar-refractivity contribution is -0.131. The molecule has 0 aliphatic heterocycles. The van der Waals surface area contributed by atoms with Gasteiger partial charge in [0.15, 0.2) is 0 Å². The van der Waals surface area contributed by atoms with E-state index in [4.69, 9.17) is 4.74 Å². The smallest absolute Gasteiger partial charge is 0.223 e. The summed E-state index contributed by atoms with van der Waals surface area (Å²) in [5, 5.41) is 2.05. The Morgan fingerprint density at radius 3 is 2.57 bits per heavy atom. The van der Waals surface area contributed by atoms with Crippen LogP contribution < -0.4 is 4.74 Å². The van der Waals surface area contributed by atoms with E-state index in [1.807, 2.05) is 42.2 Å². The van der Waals surface area contributed by atoms with Crippen molar-refractivity contribution in [2.24, 2.45) is 0 Å². The Morgan fingerprint density at radius 1 is 1.24 bits per heavy atom. The van der Waals surface area contributed by atoms with Gasteiger partial charge < -0.3 is 9.64 Å². The van der Waals surface area contributed by atoms with Gasteiger partial charge in [-0.1, -0.05) is 18.2 Å². The molecule has 112 valence electrons. The average Bonchev–Trinajstić information content (AvgIpc) is 3.04. The number of hydrogen-bond acceptors (Lipinski definition) is 3. The maximum atomic E-state index is 12.3. The number of hydrogen-bond donors (Lipinski definition) is 0. The summed E-state index contributed by atoms with van der Waals surface area (Å²) in [7, 11) is 1.65. The minimum Gasteiger partial charge on any atom is -0.497 e. The standard InChI is InChI=1S/C17H21NO2S/c1-3-18(13-14-6-8-15(20-2)9-7-14)17(19)11-10-16-5-4-12-21-16/h4-9,12H,3,10-11,13H2,1-2H3. The zero-order valence-electron chi connectivity index (χ0n) is 12.5. The van der Waals surface area contributed by atoms with Gasteiger partial charge in [0, 0.05) is 24.4 Å². The van der Waals surface area contributed by atoms with Crippen LogP contribution in [0.3, 0.4) is 0 Å². The van der Waals surface area contributed by atoms with E-state index >= 15 is 0 Å². The van der Waals surface area contributed by atoms with Gasteiger partial charge in [-0.3, -0.25) is 4.79 Å². The van der Waals surface area contributed by atoms with Crippen LogP contribution in [0.5, 0.6) is 5.75 Å². The number of ether oxygens (including phenoxy) is 1. The quantitative estimate of drug-likeness (QED) is 0.780. The van der Waals surface area contributed by atoms with Gasteiger partial charge >= 0.3 is 0 Å². The van der Waals surface area contributed by atoms with Crippen LogP contribution in [0.25, 0.3) is 0 Å². The minimum absolute atomic E-state index is 0.210. The van der Waals surface area contributed by atoms with Crippen LogP contribution in [0.15, 0.2) is 41.8 Å². The van der Waals surface area contributed by atoms with Crippen LogP contribution in [0.2, 0.25) is 0 Å². The van der Waals surface area contributed by atoms with E-state index in [-0.39, 0.29) is 5.91 Å². The topological polar surface area (TPSA) is 29.5 Å². The summed E-state index contributed by atoms with van der Waals surface area (Å²) in [6.45, 7) is 3.41. The van der Waals surface area contributed by atoms with Crippen LogP contribution in [-0.4, -0.2) is 24.5 Å². The molecule has 1 aromatic heterocycles. The number of rotatable bonds is 7. The molecule has 0 fully saturated rings. The molecule has 1 heterocycles. The van der Waals surface area contributed by atoms with Gasteiger partial charge in [0.25, 0.3) is 0 Å². The van der Waals surface area contributed by atoms with Gasteiger partial charge in [-0.2, -0.15) is 0 Å². The van der Waals surface area contributed by atoms with Crippen molar-refractivity contribution in [3.8, 4) is 5.75 Å². The van der Waals surface area contributed by atoms with Gasteiger partial charge in [0.05, 0.1) is 7.11 Å². The number of benzene rings is 1. The Kier molecular flexibility index (Phi) is 5.81. The lowest BCUT2D eigenvalue weighted by atomic mass is 10.2. The average molecular weight is 303 g/mol. The molecule has 0 saturated heterocycles. The molecule has 0 aliphatic rings. The van der Waals surface area contributed by atoms with E-state index in [0.717, 1.165) is 24.3 Å². The fourth-order valence-corrected chi connectivity index (χ4v) is 2.88. The maximum Gasteiger partial charge on any atom is 0.223 e. The van der Waals surface area contributed by atoms with Crippen molar-refractivity contribution in [1.29, 1.82) is 0 Å². The molecule has 0 N–H and O–H groups in total. The van der Waals surface area contributed by atoms with Crippen molar-refractivity contribution >= 4 is 17.2 Å². The van der Waals surface area contributed by atoms with E-state index < -0.39 is 0 Å². The molecule has 0 unspecified atom stereocenters. The summed E-state index contributed by atoms with van der Waals surface area (Å²) < 4.78 is 5.15. The second kappa shape index (κ2) is 7.84. The van der Waals surface area contributed by atoms with E-state index in [0.29, 0.717) is 13.0 Å². The highest BCUT2D eigenvalue weighted by atomic mass is 32.1. The molecule has 2 aromatic rings. The van der Waals surface area contributed by atoms with E-state index in [1.165, 1.54) is 4.88 Å². The van der Waals surface area contributed by atoms with Crippen LogP contribution in [0, 0.1) is 0 Å². The number of methoxy groups -OCH3 is 1. The third-order valence-electron chi connectivity index (χ3n) is 3.43. The lowest BCUT2D eigenvalue weighted by Gasteiger charge is -2.21. The third kappa shape index (κ3) is 4.60. The van der Waals surface area contributed by atoms with Crippen molar-refractivity contribution in [3.63, 3.8) is 0 Å². The molecule has 1 amide bonds. The minimum atomic E-state index is 0.210. The van der Waals surface area contributed by atoms with Gasteiger partial charge in [-0.15, -0.1) is 11.3 Å². The van der Waals surface area contributed by atoms with Crippen molar-refractivity contribution in [2.45, 2.75) is 26.3 Å². The number of aryl methyl sites for hydroxylation is 1. The summed E-state index contributed by atoms with van der Waals surface area (Å²) >= 11 is 1.71. The second-order valence-corrected chi connectivity index (χ2v) is 5.87. The highest BCUT2D eigenvalue weighted by Gasteiger charge is 2.12. The molecule has 1 aromatic carbocycles. The predicted molar refractivity (Wildman–Crippen MR) is 86.7 cm³/mol. The Morgan fingerprint density at radius 2 is 2.00 bits per heavy atom. The monoisotopic (exact) mass is 303 g/mol. The summed E-state index contributed by atoms with van der Waals surface area (Å²) in [5.74, 6) is 1.05. The van der Waals surface area contributed by atoms with Gasteiger partial charge in [0.2, 0.25) is 5.91 Å². The number of nitrogens with zero attached hydrogens (tertiary/aromatic N) is 1. The van der Waals surface area contributed by atoms with E-state index in [2.05, 4.69) is 11.4 Å². The Bertz CT molecular complexity index is 549. The Balaban J connectivity index is 1.90. The van der Waals surface area contributed by atoms with Crippen molar-refractivity contribution < 1.29 is 9.53 Å². The fourth-order valence-electron chi connectivity index (χ4n) is 2.17. The summed E-state index contributed by atoms with van der Waals surface area (Å²) in [5.41, 5.74) is 1.13. The number of amides is 1. The second-order valence-electron chi connectivity index (χ2n) is 4.84.